The predicted molar refractivity (Wildman–Crippen MR) is 134 cm³/mol. The molecule has 0 spiro atoms. The molecule has 0 saturated heterocycles. The fourth-order valence-corrected chi connectivity index (χ4v) is 5.11. The maximum Gasteiger partial charge on any atom is 0.359 e. The molecule has 0 saturated carbocycles. The molecule has 0 aliphatic rings. The lowest BCUT2D eigenvalue weighted by Crippen LogP contribution is -2.14. The lowest BCUT2D eigenvalue weighted by atomic mass is 9.89. The van der Waals surface area contributed by atoms with Crippen molar-refractivity contribution in [2.45, 2.75) is 97.3 Å². The summed E-state index contributed by atoms with van der Waals surface area (Å²) in [7, 11) is -4.07. The van der Waals surface area contributed by atoms with Crippen LogP contribution in [0.3, 0.4) is 0 Å². The van der Waals surface area contributed by atoms with Crippen LogP contribution in [0.1, 0.15) is 120 Å². The van der Waals surface area contributed by atoms with Gasteiger partial charge in [0.15, 0.2) is 0 Å². The zero-order valence-electron chi connectivity index (χ0n) is 21.1. The van der Waals surface area contributed by atoms with Crippen LogP contribution in [0.25, 0.3) is 0 Å². The highest BCUT2D eigenvalue weighted by Gasteiger charge is 2.28. The van der Waals surface area contributed by atoms with Gasteiger partial charge in [0.2, 0.25) is 0 Å². The van der Waals surface area contributed by atoms with Crippen molar-refractivity contribution in [2.75, 3.05) is 0 Å². The largest absolute Gasteiger partial charge is 0.359 e. The number of nitrogens with zero attached hydrogens (tertiary/aromatic N) is 1. The van der Waals surface area contributed by atoms with Crippen molar-refractivity contribution in [3.63, 3.8) is 0 Å². The minimum absolute atomic E-state index is 0.0396. The Bertz CT molecular complexity index is 1020. The van der Waals surface area contributed by atoms with Crippen molar-refractivity contribution < 1.29 is 12.7 Å². The highest BCUT2D eigenvalue weighted by atomic mass is 32.2. The summed E-state index contributed by atoms with van der Waals surface area (Å²) in [6.45, 7) is 18.4. The van der Waals surface area contributed by atoms with E-state index in [9.17, 15) is 8.42 Å². The molecular formula is C27H39NO3S. The van der Waals surface area contributed by atoms with Gasteiger partial charge in [-0.05, 0) is 64.8 Å². The average Bonchev–Trinajstić information content (AvgIpc) is 2.75. The van der Waals surface area contributed by atoms with Crippen LogP contribution in [0, 0.1) is 0 Å². The Morgan fingerprint density at radius 3 is 1.75 bits per heavy atom. The van der Waals surface area contributed by atoms with E-state index < -0.39 is 10.1 Å². The molecule has 0 bridgehead atoms. The van der Waals surface area contributed by atoms with Crippen molar-refractivity contribution in [2.24, 2.45) is 5.16 Å². The van der Waals surface area contributed by atoms with Gasteiger partial charge in [-0.25, -0.2) is 0 Å². The number of rotatable bonds is 9. The minimum atomic E-state index is -4.07. The van der Waals surface area contributed by atoms with E-state index in [1.807, 2.05) is 52.0 Å². The van der Waals surface area contributed by atoms with E-state index in [0.29, 0.717) is 17.5 Å². The molecule has 4 nitrogen and oxygen atoms in total. The van der Waals surface area contributed by atoms with E-state index in [0.717, 1.165) is 28.7 Å². The van der Waals surface area contributed by atoms with Gasteiger partial charge in [0, 0.05) is 0 Å². The van der Waals surface area contributed by atoms with E-state index in [4.69, 9.17) is 4.28 Å². The highest BCUT2D eigenvalue weighted by molar-refractivity contribution is 7.86. The molecule has 32 heavy (non-hydrogen) atoms. The molecule has 0 aliphatic carbocycles. The molecule has 5 heteroatoms. The van der Waals surface area contributed by atoms with Gasteiger partial charge in [0.25, 0.3) is 0 Å². The smallest absolute Gasteiger partial charge is 0.264 e. The third-order valence-corrected chi connectivity index (χ3v) is 7.35. The zero-order chi connectivity index (χ0) is 24.2. The normalized spacial score (nSPS) is 13.8. The van der Waals surface area contributed by atoms with Gasteiger partial charge < -0.3 is 0 Å². The quantitative estimate of drug-likeness (QED) is 0.286. The van der Waals surface area contributed by atoms with Gasteiger partial charge in [-0.15, -0.1) is 0 Å². The third-order valence-electron chi connectivity index (χ3n) is 6.11. The van der Waals surface area contributed by atoms with E-state index in [1.165, 1.54) is 5.56 Å². The molecular weight excluding hydrogens is 418 g/mol. The van der Waals surface area contributed by atoms with E-state index >= 15 is 0 Å². The van der Waals surface area contributed by atoms with Gasteiger partial charge in [-0.2, -0.15) is 8.42 Å². The summed E-state index contributed by atoms with van der Waals surface area (Å²) in [5, 5.41) is 4.02. The van der Waals surface area contributed by atoms with Crippen molar-refractivity contribution in [1.29, 1.82) is 0 Å². The van der Waals surface area contributed by atoms with Gasteiger partial charge in [0.05, 0.1) is 5.71 Å². The Balaban J connectivity index is 2.47. The Morgan fingerprint density at radius 2 is 1.34 bits per heavy atom. The average molecular weight is 458 g/mol. The van der Waals surface area contributed by atoms with Crippen LogP contribution in [-0.4, -0.2) is 14.1 Å². The van der Waals surface area contributed by atoms with E-state index in [-0.39, 0.29) is 16.7 Å². The second-order valence-corrected chi connectivity index (χ2v) is 11.1. The Labute approximate surface area is 195 Å². The van der Waals surface area contributed by atoms with Crippen LogP contribution in [0.2, 0.25) is 0 Å². The summed E-state index contributed by atoms with van der Waals surface area (Å²) in [5.41, 5.74) is 5.33. The molecule has 0 fully saturated rings. The molecule has 2 aromatic rings. The summed E-state index contributed by atoms with van der Waals surface area (Å²) in [6.07, 6.45) is 1.07. The van der Waals surface area contributed by atoms with Gasteiger partial charge in [0.1, 0.15) is 4.90 Å². The van der Waals surface area contributed by atoms with Crippen LogP contribution in [-0.2, 0) is 14.4 Å². The first-order valence-corrected chi connectivity index (χ1v) is 13.1. The fraction of sp³-hybridized carbons (Fsp3) is 0.519. The first-order valence-electron chi connectivity index (χ1n) is 11.6. The summed E-state index contributed by atoms with van der Waals surface area (Å²) in [6, 6.07) is 12.1. The van der Waals surface area contributed by atoms with Crippen molar-refractivity contribution in [1.82, 2.24) is 0 Å². The zero-order valence-corrected chi connectivity index (χ0v) is 21.9. The lowest BCUT2D eigenvalue weighted by molar-refractivity contribution is 0.337. The molecule has 0 radical (unpaired) electrons. The minimum Gasteiger partial charge on any atom is -0.264 e. The molecule has 0 aromatic heterocycles. The maximum atomic E-state index is 13.4. The predicted octanol–water partition coefficient (Wildman–Crippen LogP) is 7.70. The molecule has 2 aromatic carbocycles. The lowest BCUT2D eigenvalue weighted by Gasteiger charge is -2.21. The molecule has 0 amide bonds. The second-order valence-electron chi connectivity index (χ2n) is 9.63. The van der Waals surface area contributed by atoms with Crippen molar-refractivity contribution in [3.05, 3.63) is 64.2 Å². The Kier molecular flexibility index (Phi) is 8.69. The van der Waals surface area contributed by atoms with Crippen LogP contribution in [0.5, 0.6) is 0 Å². The highest BCUT2D eigenvalue weighted by Crippen LogP contribution is 2.36. The molecule has 176 valence electrons. The summed E-state index contributed by atoms with van der Waals surface area (Å²) >= 11 is 0. The first kappa shape index (κ1) is 26.1. The maximum absolute atomic E-state index is 13.4. The summed E-state index contributed by atoms with van der Waals surface area (Å²) in [5.74, 6) is 0.868. The molecule has 1 atom stereocenters. The molecule has 0 N–H and O–H groups in total. The standard InChI is InChI=1S/C27H39NO3S/c1-10-20(8)22-11-13-23(14-12-22)21(9)28-31-32(29,30)27-25(18(4)5)15-24(17(2)3)16-26(27)19(6)7/h11-20H,10H2,1-9H3. The third kappa shape index (κ3) is 6.00. The SMILES string of the molecule is CCC(C)c1ccc(C(C)=NOS(=O)(=O)c2c(C(C)C)cc(C(C)C)cc2C(C)C)cc1. The summed E-state index contributed by atoms with van der Waals surface area (Å²) in [4.78, 5) is 0.260. The van der Waals surface area contributed by atoms with E-state index in [1.54, 1.807) is 6.92 Å². The Hall–Kier alpha value is -2.14. The number of hydrogen-bond donors (Lipinski definition) is 0. The van der Waals surface area contributed by atoms with Crippen LogP contribution >= 0.6 is 0 Å². The molecule has 2 rings (SSSR count). The van der Waals surface area contributed by atoms with Crippen molar-refractivity contribution in [3.8, 4) is 0 Å². The first-order chi connectivity index (χ1) is 14.9. The monoisotopic (exact) mass is 457 g/mol. The fourth-order valence-electron chi connectivity index (χ4n) is 3.66. The van der Waals surface area contributed by atoms with E-state index in [2.05, 4.69) is 45.0 Å². The van der Waals surface area contributed by atoms with Crippen molar-refractivity contribution >= 4 is 15.8 Å². The summed E-state index contributed by atoms with van der Waals surface area (Å²) < 4.78 is 32.0. The molecule has 0 aliphatic heterocycles. The van der Waals surface area contributed by atoms with Gasteiger partial charge >= 0.3 is 10.1 Å². The second kappa shape index (κ2) is 10.7. The topological polar surface area (TPSA) is 55.7 Å². The van der Waals surface area contributed by atoms with Crippen LogP contribution < -0.4 is 0 Å². The van der Waals surface area contributed by atoms with Gasteiger partial charge in [-0.1, -0.05) is 96.9 Å². The molecule has 0 heterocycles. The Morgan fingerprint density at radius 1 is 0.844 bits per heavy atom. The number of benzene rings is 2. The van der Waals surface area contributed by atoms with Crippen LogP contribution in [0.4, 0.5) is 0 Å². The number of oxime groups is 1. The number of hydrogen-bond acceptors (Lipinski definition) is 4. The van der Waals surface area contributed by atoms with Gasteiger partial charge in [-0.3, -0.25) is 4.28 Å². The van der Waals surface area contributed by atoms with Crippen LogP contribution in [0.15, 0.2) is 46.4 Å². The molecule has 1 unspecified atom stereocenters.